The molecular weight excluding hydrogens is 1130 g/mol. The van der Waals surface area contributed by atoms with E-state index >= 15 is 0 Å². The molecule has 0 fully saturated rings. The molecule has 85 heavy (non-hydrogen) atoms. The highest BCUT2D eigenvalue weighted by Crippen LogP contribution is 2.28. The molecule has 30 heteroatoms. The fourth-order valence-corrected chi connectivity index (χ4v) is 7.97. The van der Waals surface area contributed by atoms with Gasteiger partial charge in [-0.2, -0.15) is 0 Å². The lowest BCUT2D eigenvalue weighted by Crippen LogP contribution is -2.59. The minimum Gasteiger partial charge on any atom is -0.497 e. The number of amides is 5. The standard InChI is InChI=1S/C55H61N5O25/c1-26(28-5-7-32-17-34(81-3)11-9-30(32)15-28)54(79)84-25-36(85-55(80)27(2)29-6-8-33-18-35(82-4)12-10-31(33)16-29)24-83-48(72)14-13-42(61)56-37(19-43(62)63)49(73)57-38(20-44(64)65)50(74)58-39(21-45(66)67)51(75)59-40(22-46(68)69)52(76)60-41(53(77)78)23-47(70)71/h5-12,15-18,26-27,36-41H,13-14,19-25H2,1-4H3,(H,56,61)(H,57,73)(H,58,74)(H,59,75)(H,60,76)(H,62,63)(H,64,65)(H,66,67)(H,68,69)(H,70,71)(H,77,78)/t26-,27-,36?,37-,38-,39-,40-,41-/m0/s1. The van der Waals surface area contributed by atoms with Gasteiger partial charge in [0.05, 0.1) is 64.6 Å². The number of hydrogen-bond donors (Lipinski definition) is 11. The normalized spacial score (nSPS) is 13.7. The molecule has 4 aromatic rings. The van der Waals surface area contributed by atoms with Crippen LogP contribution in [0.3, 0.4) is 0 Å². The minimum absolute atomic E-state index is 0.539. The summed E-state index contributed by atoms with van der Waals surface area (Å²) in [6.07, 6.45) is -9.48. The summed E-state index contributed by atoms with van der Waals surface area (Å²) in [5.41, 5.74) is 1.12. The Morgan fingerprint density at radius 2 is 0.753 bits per heavy atom. The third-order valence-electron chi connectivity index (χ3n) is 12.6. The molecule has 0 saturated carbocycles. The average Bonchev–Trinajstić information content (AvgIpc) is 3.59. The molecule has 11 N–H and O–H groups in total. The van der Waals surface area contributed by atoms with Crippen LogP contribution in [0.1, 0.15) is 81.8 Å². The highest BCUT2D eigenvalue weighted by molar-refractivity contribution is 6.00. The number of carbonyl (C=O) groups excluding carboxylic acids is 8. The largest absolute Gasteiger partial charge is 0.497 e. The average molecular weight is 1190 g/mol. The number of ether oxygens (including phenoxy) is 5. The van der Waals surface area contributed by atoms with Gasteiger partial charge in [-0.1, -0.05) is 48.5 Å². The van der Waals surface area contributed by atoms with E-state index in [9.17, 15) is 92.7 Å². The number of carboxylic acids is 6. The topological polar surface area (TPSA) is 467 Å². The Morgan fingerprint density at radius 1 is 0.412 bits per heavy atom. The second-order valence-corrected chi connectivity index (χ2v) is 19.0. The van der Waals surface area contributed by atoms with E-state index in [1.807, 2.05) is 22.8 Å². The van der Waals surface area contributed by atoms with Gasteiger partial charge in [-0.3, -0.25) is 62.3 Å². The Balaban J connectivity index is 1.45. The lowest BCUT2D eigenvalue weighted by Gasteiger charge is -2.25. The van der Waals surface area contributed by atoms with Gasteiger partial charge in [-0.15, -0.1) is 0 Å². The van der Waals surface area contributed by atoms with Crippen molar-refractivity contribution < 1.29 is 121 Å². The Hall–Kier alpha value is -10.4. The number of fused-ring (bicyclic) bond motifs is 2. The van der Waals surface area contributed by atoms with Crippen molar-refractivity contribution in [3.8, 4) is 11.5 Å². The van der Waals surface area contributed by atoms with E-state index in [2.05, 4.69) is 0 Å². The molecule has 0 saturated heterocycles. The van der Waals surface area contributed by atoms with Gasteiger partial charge in [0.1, 0.15) is 54.9 Å². The SMILES string of the molecule is COc1ccc2cc([C@H](C)C(=O)OCC(COC(=O)CCC(=O)N[C@@H](CC(=O)O)C(=O)N[C@@H](CC(=O)O)C(=O)N[C@@H](CC(=O)O)C(=O)N[C@@H](CC(=O)O)C(=O)N[C@@H](CC(=O)O)C(=O)O)OC(=O)[C@@H](C)c3ccc4cc(OC)ccc4c3)ccc2c1. The minimum atomic E-state index is -2.32. The quantitative estimate of drug-likeness (QED) is 0.0225. The molecule has 5 amide bonds. The number of aliphatic carboxylic acids is 6. The first kappa shape index (κ1) is 67.1. The van der Waals surface area contributed by atoms with Crippen LogP contribution >= 0.6 is 0 Å². The predicted octanol–water partition coefficient (Wildman–Crippen LogP) is 0.578. The molecule has 4 aromatic carbocycles. The number of rotatable bonds is 34. The number of benzene rings is 4. The molecule has 0 aliphatic carbocycles. The molecule has 0 radical (unpaired) electrons. The summed E-state index contributed by atoms with van der Waals surface area (Å²) >= 11 is 0. The molecule has 0 aliphatic heterocycles. The van der Waals surface area contributed by atoms with Gasteiger partial charge in [-0.25, -0.2) is 4.79 Å². The summed E-state index contributed by atoms with van der Waals surface area (Å²) in [7, 11) is 3.04. The number of nitrogens with one attached hydrogen (secondary N) is 5. The third kappa shape index (κ3) is 21.4. The Kier molecular flexibility index (Phi) is 25.0. The number of esters is 3. The molecule has 0 bridgehead atoms. The van der Waals surface area contributed by atoms with Crippen molar-refractivity contribution in [2.24, 2.45) is 0 Å². The molecule has 1 unspecified atom stereocenters. The Bertz CT molecular complexity index is 3220. The molecule has 456 valence electrons. The van der Waals surface area contributed by atoms with Crippen LogP contribution in [-0.2, 0) is 81.3 Å². The first-order valence-electron chi connectivity index (χ1n) is 25.6. The van der Waals surface area contributed by atoms with Crippen LogP contribution in [0, 0.1) is 0 Å². The van der Waals surface area contributed by atoms with Crippen LogP contribution in [0.25, 0.3) is 21.5 Å². The van der Waals surface area contributed by atoms with E-state index in [1.165, 1.54) is 14.2 Å². The maximum atomic E-state index is 13.7. The summed E-state index contributed by atoms with van der Waals surface area (Å²) in [5.74, 6) is -21.6. The zero-order valence-corrected chi connectivity index (χ0v) is 45.9. The van der Waals surface area contributed by atoms with E-state index in [1.54, 1.807) is 90.5 Å². The zero-order chi connectivity index (χ0) is 63.2. The second kappa shape index (κ2) is 31.7. The van der Waals surface area contributed by atoms with Crippen LogP contribution in [0.5, 0.6) is 11.5 Å². The molecule has 0 aromatic heterocycles. The van der Waals surface area contributed by atoms with Crippen molar-refractivity contribution in [3.05, 3.63) is 83.9 Å². The summed E-state index contributed by atoms with van der Waals surface area (Å²) in [5, 5.41) is 68.6. The van der Waals surface area contributed by atoms with Gasteiger partial charge in [-0.05, 0) is 70.8 Å². The molecular formula is C55H61N5O25. The highest BCUT2D eigenvalue weighted by atomic mass is 16.6. The number of carboxylic acid groups (broad SMARTS) is 6. The first-order valence-corrected chi connectivity index (χ1v) is 25.6. The maximum absolute atomic E-state index is 13.7. The highest BCUT2D eigenvalue weighted by Gasteiger charge is 2.36. The summed E-state index contributed by atoms with van der Waals surface area (Å²) < 4.78 is 27.2. The second-order valence-electron chi connectivity index (χ2n) is 19.0. The van der Waals surface area contributed by atoms with E-state index in [0.29, 0.717) is 22.6 Å². The summed E-state index contributed by atoms with van der Waals surface area (Å²) in [6, 6.07) is 10.1. The first-order chi connectivity index (χ1) is 40.1. The Morgan fingerprint density at radius 3 is 1.14 bits per heavy atom. The molecule has 4 rings (SSSR count). The van der Waals surface area contributed by atoms with Crippen molar-refractivity contribution in [1.29, 1.82) is 0 Å². The van der Waals surface area contributed by atoms with Gasteiger partial charge in [0.2, 0.25) is 29.5 Å². The van der Waals surface area contributed by atoms with Gasteiger partial charge < -0.3 is 80.9 Å². The predicted molar refractivity (Wildman–Crippen MR) is 287 cm³/mol. The zero-order valence-electron chi connectivity index (χ0n) is 45.9. The molecule has 8 atom stereocenters. The summed E-state index contributed by atoms with van der Waals surface area (Å²) in [4.78, 5) is 176. The van der Waals surface area contributed by atoms with E-state index in [0.717, 1.165) is 21.5 Å². The lowest BCUT2D eigenvalue weighted by molar-refractivity contribution is -0.168. The van der Waals surface area contributed by atoms with Crippen LogP contribution in [0.4, 0.5) is 0 Å². The van der Waals surface area contributed by atoms with Crippen molar-refractivity contribution in [2.45, 2.75) is 107 Å². The van der Waals surface area contributed by atoms with Crippen LogP contribution in [0.2, 0.25) is 0 Å². The maximum Gasteiger partial charge on any atom is 0.326 e. The van der Waals surface area contributed by atoms with E-state index in [-0.39, 0.29) is 0 Å². The van der Waals surface area contributed by atoms with Crippen molar-refractivity contribution in [2.75, 3.05) is 27.4 Å². The third-order valence-corrected chi connectivity index (χ3v) is 12.6. The van der Waals surface area contributed by atoms with Crippen LogP contribution in [0.15, 0.2) is 72.8 Å². The van der Waals surface area contributed by atoms with Crippen molar-refractivity contribution in [1.82, 2.24) is 26.6 Å². The smallest absolute Gasteiger partial charge is 0.326 e. The molecule has 0 heterocycles. The van der Waals surface area contributed by atoms with Gasteiger partial charge >= 0.3 is 53.7 Å². The van der Waals surface area contributed by atoms with Crippen molar-refractivity contribution >= 4 is 105 Å². The fourth-order valence-electron chi connectivity index (χ4n) is 7.97. The van der Waals surface area contributed by atoms with Crippen LogP contribution in [-0.4, -0.2) is 178 Å². The summed E-state index contributed by atoms with van der Waals surface area (Å²) in [6.45, 7) is 1.81. The number of carbonyl (C=O) groups is 14. The lowest BCUT2D eigenvalue weighted by atomic mass is 9.97. The Labute approximate surface area is 481 Å². The fraction of sp³-hybridized carbons (Fsp3) is 0.382. The number of hydrogen-bond acceptors (Lipinski definition) is 19. The van der Waals surface area contributed by atoms with E-state index in [4.69, 9.17) is 28.8 Å². The monoisotopic (exact) mass is 1190 g/mol. The molecule has 30 nitrogen and oxygen atoms in total. The van der Waals surface area contributed by atoms with E-state index < -0.39 is 190 Å². The molecule has 0 spiro atoms. The van der Waals surface area contributed by atoms with Crippen LogP contribution < -0.4 is 36.1 Å². The number of methoxy groups -OCH3 is 2. The van der Waals surface area contributed by atoms with Crippen molar-refractivity contribution in [3.63, 3.8) is 0 Å². The van der Waals surface area contributed by atoms with Gasteiger partial charge in [0, 0.05) is 6.42 Å². The van der Waals surface area contributed by atoms with Gasteiger partial charge in [0.15, 0.2) is 6.10 Å². The molecule has 0 aliphatic rings. The van der Waals surface area contributed by atoms with Gasteiger partial charge in [0.25, 0.3) is 0 Å².